The number of carbonyl (C=O) groups is 2. The third-order valence-corrected chi connectivity index (χ3v) is 4.83. The van der Waals surface area contributed by atoms with Crippen molar-refractivity contribution in [2.45, 2.75) is 39.8 Å². The Morgan fingerprint density at radius 2 is 1.81 bits per heavy atom. The van der Waals surface area contributed by atoms with Gasteiger partial charge in [-0.15, -0.1) is 0 Å². The first kappa shape index (κ1) is 20.5. The van der Waals surface area contributed by atoms with Gasteiger partial charge in [-0.3, -0.25) is 19.4 Å². The van der Waals surface area contributed by atoms with E-state index in [1.165, 1.54) is 0 Å². The highest BCUT2D eigenvalue weighted by Crippen LogP contribution is 2.09. The fourth-order valence-corrected chi connectivity index (χ4v) is 2.94. The number of rotatable bonds is 8. The molecule has 0 spiro atoms. The molecule has 0 radical (unpaired) electrons. The van der Waals surface area contributed by atoms with Crippen LogP contribution in [-0.4, -0.2) is 78.9 Å². The number of amides is 2. The first-order valence-electron chi connectivity index (χ1n) is 9.40. The Morgan fingerprint density at radius 3 is 2.35 bits per heavy atom. The molecule has 0 aliphatic carbocycles. The van der Waals surface area contributed by atoms with Crippen molar-refractivity contribution < 1.29 is 14.0 Å². The monoisotopic (exact) mass is 364 g/mol. The van der Waals surface area contributed by atoms with E-state index in [-0.39, 0.29) is 17.9 Å². The molecule has 1 aromatic heterocycles. The van der Waals surface area contributed by atoms with Gasteiger partial charge in [-0.05, 0) is 32.4 Å². The van der Waals surface area contributed by atoms with Crippen molar-refractivity contribution in [2.24, 2.45) is 0 Å². The molecule has 1 aliphatic heterocycles. The van der Waals surface area contributed by atoms with Crippen LogP contribution in [0.5, 0.6) is 0 Å². The number of aryl methyl sites for hydroxylation is 1. The van der Waals surface area contributed by atoms with Crippen molar-refractivity contribution in [3.05, 3.63) is 23.7 Å². The molecular weight excluding hydrogens is 332 g/mol. The van der Waals surface area contributed by atoms with Gasteiger partial charge >= 0.3 is 0 Å². The van der Waals surface area contributed by atoms with Gasteiger partial charge in [0.2, 0.25) is 11.8 Å². The van der Waals surface area contributed by atoms with Crippen LogP contribution in [0.4, 0.5) is 0 Å². The second-order valence-electron chi connectivity index (χ2n) is 7.19. The molecule has 7 heteroatoms. The minimum Gasteiger partial charge on any atom is -0.464 e. The highest BCUT2D eigenvalue weighted by molar-refractivity contribution is 5.78. The molecule has 26 heavy (non-hydrogen) atoms. The van der Waals surface area contributed by atoms with Crippen LogP contribution in [0.1, 0.15) is 31.8 Å². The lowest BCUT2D eigenvalue weighted by molar-refractivity contribution is -0.132. The summed E-state index contributed by atoms with van der Waals surface area (Å²) in [6.45, 7) is 10.5. The third kappa shape index (κ3) is 6.46. The standard InChI is InChI=1S/C19H32N4O3/c1-5-15(2)20-18(24)13-22-8-10-23(11-9-22)14-19(25)21(4)12-17-7-6-16(3)26-17/h6-7,15H,5,8-14H2,1-4H3,(H,20,24). The first-order chi connectivity index (χ1) is 12.4. The molecule has 0 aromatic carbocycles. The van der Waals surface area contributed by atoms with Crippen LogP contribution in [-0.2, 0) is 16.1 Å². The second-order valence-corrected chi connectivity index (χ2v) is 7.19. The molecular formula is C19H32N4O3. The molecule has 1 N–H and O–H groups in total. The number of nitrogens with one attached hydrogen (secondary N) is 1. The molecule has 7 nitrogen and oxygen atoms in total. The van der Waals surface area contributed by atoms with Crippen molar-refractivity contribution in [3.8, 4) is 0 Å². The summed E-state index contributed by atoms with van der Waals surface area (Å²) in [7, 11) is 1.80. The molecule has 2 rings (SSSR count). The molecule has 2 heterocycles. The number of hydrogen-bond acceptors (Lipinski definition) is 5. The fraction of sp³-hybridized carbons (Fsp3) is 0.684. The zero-order valence-corrected chi connectivity index (χ0v) is 16.5. The molecule has 146 valence electrons. The van der Waals surface area contributed by atoms with Gasteiger partial charge in [-0.2, -0.15) is 0 Å². The van der Waals surface area contributed by atoms with Crippen LogP contribution in [0.15, 0.2) is 16.5 Å². The second kappa shape index (κ2) is 9.73. The van der Waals surface area contributed by atoms with Crippen LogP contribution in [0, 0.1) is 6.92 Å². The maximum absolute atomic E-state index is 12.4. The summed E-state index contributed by atoms with van der Waals surface area (Å²) in [5.74, 6) is 1.82. The molecule has 0 saturated carbocycles. The maximum Gasteiger partial charge on any atom is 0.236 e. The molecule has 1 unspecified atom stereocenters. The van der Waals surface area contributed by atoms with Crippen molar-refractivity contribution in [1.29, 1.82) is 0 Å². The first-order valence-corrected chi connectivity index (χ1v) is 9.40. The summed E-state index contributed by atoms with van der Waals surface area (Å²) in [6, 6.07) is 4.03. The number of carbonyl (C=O) groups excluding carboxylic acids is 2. The van der Waals surface area contributed by atoms with Crippen molar-refractivity contribution in [3.63, 3.8) is 0 Å². The predicted molar refractivity (Wildman–Crippen MR) is 101 cm³/mol. The van der Waals surface area contributed by atoms with Gasteiger partial charge in [0.25, 0.3) is 0 Å². The Labute approximate surface area is 156 Å². The van der Waals surface area contributed by atoms with Crippen LogP contribution in [0.2, 0.25) is 0 Å². The van der Waals surface area contributed by atoms with Gasteiger partial charge < -0.3 is 14.6 Å². The van der Waals surface area contributed by atoms with Crippen LogP contribution in [0.25, 0.3) is 0 Å². The Kier molecular flexibility index (Phi) is 7.66. The number of piperazine rings is 1. The van der Waals surface area contributed by atoms with E-state index in [0.29, 0.717) is 19.6 Å². The lowest BCUT2D eigenvalue weighted by Crippen LogP contribution is -2.52. The van der Waals surface area contributed by atoms with E-state index in [1.807, 2.05) is 26.0 Å². The van der Waals surface area contributed by atoms with E-state index in [4.69, 9.17) is 4.42 Å². The highest BCUT2D eigenvalue weighted by atomic mass is 16.3. The number of furan rings is 1. The lowest BCUT2D eigenvalue weighted by Gasteiger charge is -2.34. The highest BCUT2D eigenvalue weighted by Gasteiger charge is 2.22. The minimum absolute atomic E-state index is 0.0809. The number of likely N-dealkylation sites (N-methyl/N-ethyl adjacent to an activating group) is 1. The summed E-state index contributed by atoms with van der Waals surface area (Å²) in [4.78, 5) is 30.4. The van der Waals surface area contributed by atoms with E-state index in [2.05, 4.69) is 22.0 Å². The van der Waals surface area contributed by atoms with Crippen molar-refractivity contribution >= 4 is 11.8 Å². The maximum atomic E-state index is 12.4. The normalized spacial score (nSPS) is 17.1. The van der Waals surface area contributed by atoms with Crippen LogP contribution >= 0.6 is 0 Å². The molecule has 1 saturated heterocycles. The Balaban J connectivity index is 1.69. The van der Waals surface area contributed by atoms with E-state index in [0.717, 1.165) is 44.1 Å². The molecule has 1 aromatic rings. The Morgan fingerprint density at radius 1 is 1.19 bits per heavy atom. The molecule has 2 amide bonds. The summed E-state index contributed by atoms with van der Waals surface area (Å²) < 4.78 is 5.53. The molecule has 0 bridgehead atoms. The van der Waals surface area contributed by atoms with E-state index in [9.17, 15) is 9.59 Å². The average Bonchev–Trinajstić information content (AvgIpc) is 3.01. The summed E-state index contributed by atoms with van der Waals surface area (Å²) >= 11 is 0. The van der Waals surface area contributed by atoms with Crippen molar-refractivity contribution in [1.82, 2.24) is 20.0 Å². The zero-order chi connectivity index (χ0) is 19.1. The van der Waals surface area contributed by atoms with Gasteiger partial charge in [0, 0.05) is 39.3 Å². The number of hydrogen-bond donors (Lipinski definition) is 1. The summed E-state index contributed by atoms with van der Waals surface area (Å²) in [5.41, 5.74) is 0. The average molecular weight is 364 g/mol. The van der Waals surface area contributed by atoms with E-state index >= 15 is 0 Å². The number of nitrogens with zero attached hydrogens (tertiary/aromatic N) is 3. The van der Waals surface area contributed by atoms with Crippen molar-refractivity contribution in [2.75, 3.05) is 46.3 Å². The van der Waals surface area contributed by atoms with Gasteiger partial charge in [-0.1, -0.05) is 6.92 Å². The molecule has 1 atom stereocenters. The van der Waals surface area contributed by atoms with Crippen LogP contribution in [0.3, 0.4) is 0 Å². The molecule has 1 aliphatic rings. The Bertz CT molecular complexity index is 593. The predicted octanol–water partition coefficient (Wildman–Crippen LogP) is 1.08. The van der Waals surface area contributed by atoms with Crippen LogP contribution < -0.4 is 5.32 Å². The van der Waals surface area contributed by atoms with Gasteiger partial charge in [0.15, 0.2) is 0 Å². The largest absolute Gasteiger partial charge is 0.464 e. The zero-order valence-electron chi connectivity index (χ0n) is 16.5. The summed E-state index contributed by atoms with van der Waals surface area (Å²) in [6.07, 6.45) is 0.937. The Hall–Kier alpha value is -1.86. The SMILES string of the molecule is CCC(C)NC(=O)CN1CCN(CC(=O)N(C)Cc2ccc(C)o2)CC1. The molecule has 1 fully saturated rings. The lowest BCUT2D eigenvalue weighted by atomic mass is 10.2. The van der Waals surface area contributed by atoms with E-state index in [1.54, 1.807) is 11.9 Å². The van der Waals surface area contributed by atoms with Gasteiger partial charge in [0.05, 0.1) is 19.6 Å². The topological polar surface area (TPSA) is 69.0 Å². The minimum atomic E-state index is 0.0809. The summed E-state index contributed by atoms with van der Waals surface area (Å²) in [5, 5.41) is 3.00. The van der Waals surface area contributed by atoms with E-state index < -0.39 is 0 Å². The fourth-order valence-electron chi connectivity index (χ4n) is 2.94. The van der Waals surface area contributed by atoms with Gasteiger partial charge in [0.1, 0.15) is 11.5 Å². The third-order valence-electron chi connectivity index (χ3n) is 4.83. The van der Waals surface area contributed by atoms with Gasteiger partial charge in [-0.25, -0.2) is 0 Å². The quantitative estimate of drug-likeness (QED) is 0.748. The smallest absolute Gasteiger partial charge is 0.236 e.